The van der Waals surface area contributed by atoms with Gasteiger partial charge in [-0.1, -0.05) is 0 Å². The second-order valence-electron chi connectivity index (χ2n) is 5.59. The Balaban J connectivity index is 2.67. The Morgan fingerprint density at radius 2 is 1.95 bits per heavy atom. The Kier molecular flexibility index (Phi) is 4.87. The topological polar surface area (TPSA) is 69.4 Å². The molecular formula is C14H21NO3S. The molecular weight excluding hydrogens is 262 g/mol. The van der Waals surface area contributed by atoms with Crippen LogP contribution in [0, 0.1) is 13.8 Å². The minimum Gasteiger partial charge on any atom is -0.459 e. The average molecular weight is 283 g/mol. The Morgan fingerprint density at radius 3 is 2.37 bits per heavy atom. The molecule has 4 nitrogen and oxygen atoms in total. The van der Waals surface area contributed by atoms with Gasteiger partial charge in [0, 0.05) is 21.7 Å². The Bertz CT molecular complexity index is 485. The lowest BCUT2D eigenvalue weighted by molar-refractivity contribution is -0.156. The van der Waals surface area contributed by atoms with Gasteiger partial charge in [-0.15, -0.1) is 11.3 Å². The van der Waals surface area contributed by atoms with Gasteiger partial charge in [-0.05, 0) is 40.7 Å². The van der Waals surface area contributed by atoms with Gasteiger partial charge in [0.25, 0.3) is 0 Å². The summed E-state index contributed by atoms with van der Waals surface area (Å²) in [4.78, 5) is 25.8. The maximum absolute atomic E-state index is 12.1. The summed E-state index contributed by atoms with van der Waals surface area (Å²) in [6.07, 6.45) is -0.0219. The number of ether oxygens (including phenoxy) is 1. The van der Waals surface area contributed by atoms with Crippen LogP contribution in [0.5, 0.6) is 0 Å². The van der Waals surface area contributed by atoms with Crippen LogP contribution in [-0.4, -0.2) is 23.4 Å². The molecule has 5 heteroatoms. The third-order valence-electron chi connectivity index (χ3n) is 2.46. The molecule has 19 heavy (non-hydrogen) atoms. The van der Waals surface area contributed by atoms with Gasteiger partial charge in [-0.2, -0.15) is 0 Å². The van der Waals surface area contributed by atoms with Crippen LogP contribution in [0.1, 0.15) is 47.3 Å². The molecule has 1 aromatic rings. The molecule has 0 aliphatic heterocycles. The SMILES string of the molecule is Cc1cc(C(=O)CC(N)C(=O)OC(C)(C)C)c(C)s1. The minimum absolute atomic E-state index is 0.0219. The van der Waals surface area contributed by atoms with E-state index in [1.807, 2.05) is 19.9 Å². The molecule has 0 aliphatic rings. The van der Waals surface area contributed by atoms with E-state index in [1.165, 1.54) is 0 Å². The van der Waals surface area contributed by atoms with E-state index in [4.69, 9.17) is 10.5 Å². The van der Waals surface area contributed by atoms with E-state index in [1.54, 1.807) is 32.1 Å². The number of ketones is 1. The van der Waals surface area contributed by atoms with E-state index in [2.05, 4.69) is 0 Å². The third-order valence-corrected chi connectivity index (χ3v) is 3.42. The van der Waals surface area contributed by atoms with Crippen molar-refractivity contribution in [1.29, 1.82) is 0 Å². The average Bonchev–Trinajstić information content (AvgIpc) is 2.55. The van der Waals surface area contributed by atoms with E-state index in [9.17, 15) is 9.59 Å². The molecule has 1 heterocycles. The monoisotopic (exact) mass is 283 g/mol. The van der Waals surface area contributed by atoms with E-state index < -0.39 is 17.6 Å². The zero-order chi connectivity index (χ0) is 14.8. The van der Waals surface area contributed by atoms with Gasteiger partial charge in [-0.3, -0.25) is 9.59 Å². The molecule has 0 radical (unpaired) electrons. The first-order valence-electron chi connectivity index (χ1n) is 6.19. The van der Waals surface area contributed by atoms with Gasteiger partial charge in [-0.25, -0.2) is 0 Å². The lowest BCUT2D eigenvalue weighted by Gasteiger charge is -2.21. The molecule has 2 N–H and O–H groups in total. The number of thiophene rings is 1. The molecule has 0 fully saturated rings. The normalized spacial score (nSPS) is 13.2. The van der Waals surface area contributed by atoms with E-state index in [0.717, 1.165) is 9.75 Å². The van der Waals surface area contributed by atoms with Crippen LogP contribution in [-0.2, 0) is 9.53 Å². The van der Waals surface area contributed by atoms with Gasteiger partial charge in [0.05, 0.1) is 0 Å². The Morgan fingerprint density at radius 1 is 1.37 bits per heavy atom. The van der Waals surface area contributed by atoms with Crippen molar-refractivity contribution in [2.75, 3.05) is 0 Å². The Hall–Kier alpha value is -1.20. The Labute approximate surface area is 117 Å². The first-order valence-corrected chi connectivity index (χ1v) is 7.00. The minimum atomic E-state index is -0.911. The highest BCUT2D eigenvalue weighted by Crippen LogP contribution is 2.22. The third kappa shape index (κ3) is 4.76. The lowest BCUT2D eigenvalue weighted by Crippen LogP contribution is -2.38. The number of carbonyl (C=O) groups excluding carboxylic acids is 2. The number of nitrogens with two attached hydrogens (primary N) is 1. The van der Waals surface area contributed by atoms with Crippen molar-refractivity contribution in [3.05, 3.63) is 21.4 Å². The zero-order valence-corrected chi connectivity index (χ0v) is 12.9. The van der Waals surface area contributed by atoms with Crippen LogP contribution in [0.4, 0.5) is 0 Å². The summed E-state index contributed by atoms with van der Waals surface area (Å²) in [6.45, 7) is 9.15. The first kappa shape index (κ1) is 15.9. The van der Waals surface area contributed by atoms with Crippen molar-refractivity contribution >= 4 is 23.1 Å². The van der Waals surface area contributed by atoms with Gasteiger partial charge in [0.1, 0.15) is 11.6 Å². The number of Topliss-reactive ketones (excluding diaryl/α,β-unsaturated/α-hetero) is 1. The standard InChI is InChI=1S/C14H21NO3S/c1-8-6-10(9(2)19-8)12(16)7-11(15)13(17)18-14(3,4)5/h6,11H,7,15H2,1-5H3. The molecule has 0 aromatic carbocycles. The van der Waals surface area contributed by atoms with Crippen LogP contribution in [0.3, 0.4) is 0 Å². The van der Waals surface area contributed by atoms with Gasteiger partial charge >= 0.3 is 5.97 Å². The summed E-state index contributed by atoms with van der Waals surface area (Å²) in [7, 11) is 0. The van der Waals surface area contributed by atoms with Gasteiger partial charge < -0.3 is 10.5 Å². The second kappa shape index (κ2) is 5.84. The zero-order valence-electron chi connectivity index (χ0n) is 12.1. The lowest BCUT2D eigenvalue weighted by atomic mass is 10.0. The number of hydrogen-bond donors (Lipinski definition) is 1. The molecule has 1 atom stereocenters. The van der Waals surface area contributed by atoms with Crippen LogP contribution >= 0.6 is 11.3 Å². The number of hydrogen-bond acceptors (Lipinski definition) is 5. The van der Waals surface area contributed by atoms with Gasteiger partial charge in [0.2, 0.25) is 0 Å². The maximum Gasteiger partial charge on any atom is 0.323 e. The van der Waals surface area contributed by atoms with Crippen molar-refractivity contribution in [3.63, 3.8) is 0 Å². The molecule has 0 bridgehead atoms. The largest absolute Gasteiger partial charge is 0.459 e. The molecule has 1 rings (SSSR count). The summed E-state index contributed by atoms with van der Waals surface area (Å²) in [5.74, 6) is -0.648. The molecule has 0 saturated carbocycles. The van der Waals surface area contributed by atoms with Crippen molar-refractivity contribution in [3.8, 4) is 0 Å². The molecule has 1 aromatic heterocycles. The number of carbonyl (C=O) groups is 2. The smallest absolute Gasteiger partial charge is 0.323 e. The first-order chi connectivity index (χ1) is 8.60. The highest BCUT2D eigenvalue weighted by Gasteiger charge is 2.25. The van der Waals surface area contributed by atoms with Crippen LogP contribution < -0.4 is 5.73 Å². The molecule has 1 unspecified atom stereocenters. The van der Waals surface area contributed by atoms with E-state index >= 15 is 0 Å². The molecule has 0 amide bonds. The van der Waals surface area contributed by atoms with Crippen molar-refractivity contribution in [1.82, 2.24) is 0 Å². The van der Waals surface area contributed by atoms with Gasteiger partial charge in [0.15, 0.2) is 5.78 Å². The highest BCUT2D eigenvalue weighted by atomic mass is 32.1. The molecule has 0 spiro atoms. The molecule has 106 valence electrons. The predicted molar refractivity (Wildman–Crippen MR) is 76.6 cm³/mol. The summed E-state index contributed by atoms with van der Waals surface area (Å²) in [5.41, 5.74) is 5.79. The van der Waals surface area contributed by atoms with Crippen molar-refractivity contribution in [2.24, 2.45) is 5.73 Å². The van der Waals surface area contributed by atoms with Crippen LogP contribution in [0.15, 0.2) is 6.07 Å². The fraction of sp³-hybridized carbons (Fsp3) is 0.571. The quantitative estimate of drug-likeness (QED) is 0.681. The predicted octanol–water partition coefficient (Wildman–Crippen LogP) is 2.61. The number of esters is 1. The fourth-order valence-corrected chi connectivity index (χ4v) is 2.62. The summed E-state index contributed by atoms with van der Waals surface area (Å²) in [5, 5.41) is 0. The highest BCUT2D eigenvalue weighted by molar-refractivity contribution is 7.12. The van der Waals surface area contributed by atoms with Crippen molar-refractivity contribution in [2.45, 2.75) is 52.7 Å². The summed E-state index contributed by atoms with van der Waals surface area (Å²) >= 11 is 1.57. The molecule has 0 saturated heterocycles. The van der Waals surface area contributed by atoms with Crippen LogP contribution in [0.2, 0.25) is 0 Å². The second-order valence-corrected chi connectivity index (χ2v) is 7.05. The maximum atomic E-state index is 12.1. The van der Waals surface area contributed by atoms with E-state index in [0.29, 0.717) is 5.56 Å². The fourth-order valence-electron chi connectivity index (χ4n) is 1.68. The van der Waals surface area contributed by atoms with Crippen LogP contribution in [0.25, 0.3) is 0 Å². The number of aryl methyl sites for hydroxylation is 2. The molecule has 0 aliphatic carbocycles. The summed E-state index contributed by atoms with van der Waals surface area (Å²) < 4.78 is 5.16. The summed E-state index contributed by atoms with van der Waals surface area (Å²) in [6, 6.07) is 0.927. The van der Waals surface area contributed by atoms with E-state index in [-0.39, 0.29) is 12.2 Å². The number of rotatable bonds is 4. The van der Waals surface area contributed by atoms with Crippen molar-refractivity contribution < 1.29 is 14.3 Å².